The molecule has 0 radical (unpaired) electrons. The highest BCUT2D eigenvalue weighted by Crippen LogP contribution is 2.29. The van der Waals surface area contributed by atoms with E-state index in [0.29, 0.717) is 16.9 Å². The van der Waals surface area contributed by atoms with Crippen LogP contribution in [-0.2, 0) is 16.0 Å². The molecule has 1 atom stereocenters. The summed E-state index contributed by atoms with van der Waals surface area (Å²) in [6.45, 7) is 3.29. The first kappa shape index (κ1) is 18.1. The van der Waals surface area contributed by atoms with Crippen LogP contribution in [0.25, 0.3) is 10.2 Å². The fourth-order valence-electron chi connectivity index (χ4n) is 2.64. The lowest BCUT2D eigenvalue weighted by Crippen LogP contribution is -2.12. The third-order valence-electron chi connectivity index (χ3n) is 3.99. The van der Waals surface area contributed by atoms with Crippen LogP contribution < -0.4 is 4.74 Å². The van der Waals surface area contributed by atoms with E-state index in [0.717, 1.165) is 15.2 Å². The molecule has 0 saturated heterocycles. The largest absolute Gasteiger partial charge is 0.496 e. The molecule has 0 N–H and O–H groups in total. The Bertz CT molecular complexity index is 930. The number of hydrogen-bond donors (Lipinski definition) is 0. The van der Waals surface area contributed by atoms with E-state index < -0.39 is 12.1 Å². The normalized spacial score (nSPS) is 12.0. The lowest BCUT2D eigenvalue weighted by molar-refractivity contribution is -0.147. The highest BCUT2D eigenvalue weighted by molar-refractivity contribution is 7.18. The molecule has 6 heteroatoms. The molecular formula is C20H19NO4S. The number of ether oxygens (including phenoxy) is 2. The van der Waals surface area contributed by atoms with E-state index in [-0.39, 0.29) is 12.2 Å². The van der Waals surface area contributed by atoms with Gasteiger partial charge in [0.1, 0.15) is 10.8 Å². The van der Waals surface area contributed by atoms with Gasteiger partial charge in [-0.2, -0.15) is 0 Å². The molecule has 0 aliphatic carbocycles. The van der Waals surface area contributed by atoms with E-state index in [4.69, 9.17) is 9.47 Å². The van der Waals surface area contributed by atoms with E-state index in [1.807, 2.05) is 24.3 Å². The van der Waals surface area contributed by atoms with Crippen molar-refractivity contribution in [2.75, 3.05) is 7.11 Å². The van der Waals surface area contributed by atoms with Gasteiger partial charge in [0.25, 0.3) is 0 Å². The Morgan fingerprint density at radius 2 is 1.96 bits per heavy atom. The summed E-state index contributed by atoms with van der Waals surface area (Å²) in [5, 5.41) is 0.754. The van der Waals surface area contributed by atoms with Crippen molar-refractivity contribution >= 4 is 33.3 Å². The standard InChI is InChI=1S/C20H19NO4S/c1-12(22)14-8-9-17(24-3)15(10-14)11-19(23)25-13(2)20-21-16-6-4-5-7-18(16)26-20/h4-10,13H,11H2,1-3H3. The Labute approximate surface area is 155 Å². The van der Waals surface area contributed by atoms with Gasteiger partial charge >= 0.3 is 5.97 Å². The van der Waals surface area contributed by atoms with Crippen molar-refractivity contribution in [3.63, 3.8) is 0 Å². The van der Waals surface area contributed by atoms with Gasteiger partial charge in [0, 0.05) is 11.1 Å². The van der Waals surface area contributed by atoms with E-state index >= 15 is 0 Å². The third kappa shape index (κ3) is 3.91. The molecule has 3 aromatic rings. The van der Waals surface area contributed by atoms with Crippen LogP contribution in [0.1, 0.15) is 40.9 Å². The lowest BCUT2D eigenvalue weighted by atomic mass is 10.0. The Balaban J connectivity index is 1.73. The molecule has 0 spiro atoms. The maximum absolute atomic E-state index is 12.4. The minimum Gasteiger partial charge on any atom is -0.496 e. The van der Waals surface area contributed by atoms with Crippen LogP contribution in [0.15, 0.2) is 42.5 Å². The Morgan fingerprint density at radius 1 is 1.19 bits per heavy atom. The number of esters is 1. The summed E-state index contributed by atoms with van der Waals surface area (Å²) in [5.41, 5.74) is 2.06. The van der Waals surface area contributed by atoms with Crippen molar-refractivity contribution in [2.45, 2.75) is 26.4 Å². The average Bonchev–Trinajstić information content (AvgIpc) is 3.05. The maximum Gasteiger partial charge on any atom is 0.311 e. The van der Waals surface area contributed by atoms with Crippen molar-refractivity contribution in [3.05, 3.63) is 58.6 Å². The second-order valence-corrected chi connectivity index (χ2v) is 6.97. The zero-order chi connectivity index (χ0) is 18.7. The molecule has 134 valence electrons. The van der Waals surface area contributed by atoms with Crippen LogP contribution in [0, 0.1) is 0 Å². The highest BCUT2D eigenvalue weighted by Gasteiger charge is 2.18. The number of benzene rings is 2. The van der Waals surface area contributed by atoms with Crippen LogP contribution in [0.3, 0.4) is 0 Å². The number of fused-ring (bicyclic) bond motifs is 1. The molecule has 1 unspecified atom stereocenters. The maximum atomic E-state index is 12.4. The second-order valence-electron chi connectivity index (χ2n) is 5.91. The fraction of sp³-hybridized carbons (Fsp3) is 0.250. The first-order valence-corrected chi connectivity index (χ1v) is 9.02. The Kier molecular flexibility index (Phi) is 5.32. The molecule has 2 aromatic carbocycles. The number of ketones is 1. The van der Waals surface area contributed by atoms with Crippen molar-refractivity contribution in [3.8, 4) is 5.75 Å². The van der Waals surface area contributed by atoms with Crippen LogP contribution in [0.4, 0.5) is 0 Å². The summed E-state index contributed by atoms with van der Waals surface area (Å²) < 4.78 is 11.9. The van der Waals surface area contributed by atoms with Gasteiger partial charge < -0.3 is 9.47 Å². The van der Waals surface area contributed by atoms with Gasteiger partial charge in [-0.15, -0.1) is 11.3 Å². The third-order valence-corrected chi connectivity index (χ3v) is 5.19. The minimum atomic E-state index is -0.443. The first-order valence-electron chi connectivity index (χ1n) is 8.20. The number of carbonyl (C=O) groups excluding carboxylic acids is 2. The van der Waals surface area contributed by atoms with Gasteiger partial charge in [0.15, 0.2) is 11.9 Å². The van der Waals surface area contributed by atoms with Gasteiger partial charge in [-0.1, -0.05) is 12.1 Å². The molecule has 3 rings (SSSR count). The molecule has 1 heterocycles. The quantitative estimate of drug-likeness (QED) is 0.477. The monoisotopic (exact) mass is 369 g/mol. The van der Waals surface area contributed by atoms with Gasteiger partial charge in [-0.05, 0) is 44.2 Å². The second kappa shape index (κ2) is 7.66. The lowest BCUT2D eigenvalue weighted by Gasteiger charge is -2.13. The molecular weight excluding hydrogens is 350 g/mol. The van der Waals surface area contributed by atoms with Gasteiger partial charge in [0.2, 0.25) is 0 Å². The van der Waals surface area contributed by atoms with Crippen molar-refractivity contribution in [1.29, 1.82) is 0 Å². The van der Waals surface area contributed by atoms with E-state index in [1.54, 1.807) is 25.1 Å². The van der Waals surface area contributed by atoms with Crippen LogP contribution in [0.5, 0.6) is 5.75 Å². The number of rotatable bonds is 6. The number of para-hydroxylation sites is 1. The predicted octanol–water partition coefficient (Wildman–Crippen LogP) is 4.35. The van der Waals surface area contributed by atoms with Crippen LogP contribution in [-0.4, -0.2) is 23.8 Å². The van der Waals surface area contributed by atoms with Crippen molar-refractivity contribution in [2.24, 2.45) is 0 Å². The molecule has 0 aliphatic heterocycles. The van der Waals surface area contributed by atoms with Crippen molar-refractivity contribution in [1.82, 2.24) is 4.98 Å². The number of carbonyl (C=O) groups is 2. The zero-order valence-electron chi connectivity index (χ0n) is 14.8. The summed E-state index contributed by atoms with van der Waals surface area (Å²) in [6, 6.07) is 12.8. The zero-order valence-corrected chi connectivity index (χ0v) is 15.6. The summed E-state index contributed by atoms with van der Waals surface area (Å²) in [6.07, 6.45) is -0.415. The van der Waals surface area contributed by atoms with Gasteiger partial charge in [-0.25, -0.2) is 4.98 Å². The fourth-order valence-corrected chi connectivity index (χ4v) is 3.59. The molecule has 0 aliphatic rings. The molecule has 0 bridgehead atoms. The SMILES string of the molecule is COc1ccc(C(C)=O)cc1CC(=O)OC(C)c1nc2ccccc2s1. The first-order chi connectivity index (χ1) is 12.5. The number of hydrogen-bond acceptors (Lipinski definition) is 6. The molecule has 1 aromatic heterocycles. The molecule has 0 amide bonds. The van der Waals surface area contributed by atoms with Gasteiger partial charge in [-0.3, -0.25) is 9.59 Å². The number of Topliss-reactive ketones (excluding diaryl/α,β-unsaturated/α-hetero) is 1. The van der Waals surface area contributed by atoms with Crippen LogP contribution >= 0.6 is 11.3 Å². The average molecular weight is 369 g/mol. The number of methoxy groups -OCH3 is 1. The van der Waals surface area contributed by atoms with Crippen LogP contribution in [0.2, 0.25) is 0 Å². The Morgan fingerprint density at radius 3 is 2.65 bits per heavy atom. The molecule has 0 saturated carbocycles. The van der Waals surface area contributed by atoms with Crippen molar-refractivity contribution < 1.29 is 19.1 Å². The number of nitrogens with zero attached hydrogens (tertiary/aromatic N) is 1. The number of aromatic nitrogens is 1. The smallest absolute Gasteiger partial charge is 0.311 e. The summed E-state index contributed by atoms with van der Waals surface area (Å²) in [4.78, 5) is 28.5. The highest BCUT2D eigenvalue weighted by atomic mass is 32.1. The summed E-state index contributed by atoms with van der Waals surface area (Å²) in [7, 11) is 1.53. The Hall–Kier alpha value is -2.73. The minimum absolute atomic E-state index is 0.0273. The molecule has 5 nitrogen and oxygen atoms in total. The molecule has 26 heavy (non-hydrogen) atoms. The summed E-state index contributed by atoms with van der Waals surface area (Å²) in [5.74, 6) is 0.0977. The van der Waals surface area contributed by atoms with Gasteiger partial charge in [0.05, 0.1) is 23.7 Å². The topological polar surface area (TPSA) is 65.5 Å². The van der Waals surface area contributed by atoms with E-state index in [9.17, 15) is 9.59 Å². The molecule has 0 fully saturated rings. The summed E-state index contributed by atoms with van der Waals surface area (Å²) >= 11 is 1.51. The predicted molar refractivity (Wildman–Crippen MR) is 101 cm³/mol. The number of thiazole rings is 1. The van der Waals surface area contributed by atoms with E-state index in [1.165, 1.54) is 25.4 Å². The van der Waals surface area contributed by atoms with E-state index in [2.05, 4.69) is 4.98 Å².